The second-order valence-electron chi connectivity index (χ2n) is 4.29. The minimum Gasteiger partial charge on any atom is -0.355 e. The Morgan fingerprint density at radius 1 is 1.20 bits per heavy atom. The maximum Gasteiger partial charge on any atom is 0.290 e. The summed E-state index contributed by atoms with van der Waals surface area (Å²) >= 11 is 0. The van der Waals surface area contributed by atoms with Crippen LogP contribution in [0.1, 0.15) is 32.2 Å². The number of hydrogen-bond acceptors (Lipinski definition) is 4. The molecule has 2 N–H and O–H groups in total. The van der Waals surface area contributed by atoms with E-state index in [1.165, 1.54) is 0 Å². The van der Waals surface area contributed by atoms with Crippen LogP contribution in [0.2, 0.25) is 0 Å². The number of aryl methyl sites for hydroxylation is 1. The molecule has 1 aromatic carbocycles. The molecule has 2 rings (SSSR count). The highest BCUT2D eigenvalue weighted by Gasteiger charge is 2.11. The van der Waals surface area contributed by atoms with Crippen LogP contribution in [0.5, 0.6) is 0 Å². The van der Waals surface area contributed by atoms with E-state index in [1.54, 1.807) is 44.3 Å². The molecule has 2 amide bonds. The van der Waals surface area contributed by atoms with Crippen LogP contribution >= 0.6 is 0 Å². The molecule has 0 fully saturated rings. The van der Waals surface area contributed by atoms with Crippen LogP contribution in [0.15, 0.2) is 34.9 Å². The quantitative estimate of drug-likeness (QED) is 0.878. The zero-order valence-electron chi connectivity index (χ0n) is 11.3. The fraction of sp³-hybridized carbons (Fsp3) is 0.214. The van der Waals surface area contributed by atoms with Gasteiger partial charge in [-0.05, 0) is 24.6 Å². The molecule has 0 aliphatic rings. The van der Waals surface area contributed by atoms with Crippen LogP contribution < -0.4 is 10.6 Å². The molecule has 0 spiro atoms. The van der Waals surface area contributed by atoms with Gasteiger partial charge in [-0.25, -0.2) is 0 Å². The lowest BCUT2D eigenvalue weighted by atomic mass is 10.1. The van der Waals surface area contributed by atoms with Gasteiger partial charge in [-0.15, -0.1) is 0 Å². The highest BCUT2D eigenvalue weighted by molar-refractivity contribution is 5.94. The van der Waals surface area contributed by atoms with Crippen molar-refractivity contribution in [1.82, 2.24) is 15.8 Å². The van der Waals surface area contributed by atoms with E-state index < -0.39 is 0 Å². The van der Waals surface area contributed by atoms with E-state index in [0.29, 0.717) is 17.8 Å². The van der Waals surface area contributed by atoms with Crippen molar-refractivity contribution in [2.24, 2.45) is 0 Å². The van der Waals surface area contributed by atoms with E-state index in [2.05, 4.69) is 15.8 Å². The lowest BCUT2D eigenvalue weighted by Crippen LogP contribution is -2.22. The van der Waals surface area contributed by atoms with Crippen molar-refractivity contribution >= 4 is 11.8 Å². The average Bonchev–Trinajstić information content (AvgIpc) is 2.91. The molecule has 1 aromatic heterocycles. The first-order valence-electron chi connectivity index (χ1n) is 6.12. The number of amides is 2. The molecule has 6 heteroatoms. The molecule has 20 heavy (non-hydrogen) atoms. The third-order valence-electron chi connectivity index (χ3n) is 2.75. The number of carbonyl (C=O) groups excluding carboxylic acids is 2. The molecule has 0 bridgehead atoms. The van der Waals surface area contributed by atoms with E-state index in [1.807, 2.05) is 0 Å². The minimum absolute atomic E-state index is 0.141. The third-order valence-corrected chi connectivity index (χ3v) is 2.75. The van der Waals surface area contributed by atoms with Gasteiger partial charge in [0, 0.05) is 25.2 Å². The monoisotopic (exact) mass is 273 g/mol. The van der Waals surface area contributed by atoms with E-state index in [-0.39, 0.29) is 17.6 Å². The van der Waals surface area contributed by atoms with Gasteiger partial charge in [-0.1, -0.05) is 17.3 Å². The SMILES string of the molecule is CNC(=O)c1ccc(CNC(=O)c2cc(C)no2)cc1. The maximum atomic E-state index is 11.7. The smallest absolute Gasteiger partial charge is 0.290 e. The van der Waals surface area contributed by atoms with E-state index in [0.717, 1.165) is 5.56 Å². The normalized spacial score (nSPS) is 10.1. The summed E-state index contributed by atoms with van der Waals surface area (Å²) in [6.45, 7) is 2.10. The van der Waals surface area contributed by atoms with Gasteiger partial charge in [-0.2, -0.15) is 0 Å². The lowest BCUT2D eigenvalue weighted by Gasteiger charge is -2.04. The topological polar surface area (TPSA) is 84.2 Å². The highest BCUT2D eigenvalue weighted by atomic mass is 16.5. The van der Waals surface area contributed by atoms with Crippen LogP contribution in [-0.2, 0) is 6.54 Å². The molecule has 2 aromatic rings. The van der Waals surface area contributed by atoms with Gasteiger partial charge in [-0.3, -0.25) is 9.59 Å². The molecular weight excluding hydrogens is 258 g/mol. The maximum absolute atomic E-state index is 11.7. The summed E-state index contributed by atoms with van der Waals surface area (Å²) in [7, 11) is 1.58. The Kier molecular flexibility index (Phi) is 4.14. The van der Waals surface area contributed by atoms with Crippen molar-refractivity contribution in [2.75, 3.05) is 7.05 Å². The number of carbonyl (C=O) groups is 2. The zero-order chi connectivity index (χ0) is 14.5. The van der Waals surface area contributed by atoms with Crippen LogP contribution in [0.4, 0.5) is 0 Å². The van der Waals surface area contributed by atoms with E-state index in [4.69, 9.17) is 4.52 Å². The van der Waals surface area contributed by atoms with Gasteiger partial charge >= 0.3 is 0 Å². The van der Waals surface area contributed by atoms with Gasteiger partial charge in [0.2, 0.25) is 5.76 Å². The molecular formula is C14H15N3O3. The Hall–Kier alpha value is -2.63. The third kappa shape index (κ3) is 3.23. The summed E-state index contributed by atoms with van der Waals surface area (Å²) < 4.78 is 4.86. The highest BCUT2D eigenvalue weighted by Crippen LogP contribution is 2.06. The van der Waals surface area contributed by atoms with Crippen LogP contribution in [0.25, 0.3) is 0 Å². The number of nitrogens with one attached hydrogen (secondary N) is 2. The number of aromatic nitrogens is 1. The Bertz CT molecular complexity index is 617. The molecule has 0 atom stereocenters. The standard InChI is InChI=1S/C14H15N3O3/c1-9-7-12(20-17-9)14(19)16-8-10-3-5-11(6-4-10)13(18)15-2/h3-7H,8H2,1-2H3,(H,15,18)(H,16,19). The van der Waals surface area contributed by atoms with Crippen molar-refractivity contribution in [3.63, 3.8) is 0 Å². The van der Waals surface area contributed by atoms with Crippen molar-refractivity contribution < 1.29 is 14.1 Å². The molecule has 1 heterocycles. The van der Waals surface area contributed by atoms with Crippen molar-refractivity contribution in [1.29, 1.82) is 0 Å². The Morgan fingerprint density at radius 2 is 1.90 bits per heavy atom. The summed E-state index contributed by atoms with van der Waals surface area (Å²) in [5.74, 6) is -0.275. The predicted octanol–water partition coefficient (Wildman–Crippen LogP) is 1.27. The van der Waals surface area contributed by atoms with Crippen molar-refractivity contribution in [3.05, 3.63) is 52.9 Å². The van der Waals surface area contributed by atoms with Gasteiger partial charge < -0.3 is 15.2 Å². The minimum atomic E-state index is -0.319. The number of hydrogen-bond donors (Lipinski definition) is 2. The molecule has 0 saturated carbocycles. The molecule has 0 aliphatic carbocycles. The fourth-order valence-corrected chi connectivity index (χ4v) is 1.66. The molecule has 0 radical (unpaired) electrons. The average molecular weight is 273 g/mol. The molecule has 6 nitrogen and oxygen atoms in total. The first-order chi connectivity index (χ1) is 9.60. The Labute approximate surface area is 116 Å². The Morgan fingerprint density at radius 3 is 2.45 bits per heavy atom. The van der Waals surface area contributed by atoms with E-state index >= 15 is 0 Å². The van der Waals surface area contributed by atoms with Gasteiger partial charge in [0.15, 0.2) is 0 Å². The fourth-order valence-electron chi connectivity index (χ4n) is 1.66. The number of nitrogens with zero attached hydrogens (tertiary/aromatic N) is 1. The van der Waals surface area contributed by atoms with Crippen molar-refractivity contribution in [2.45, 2.75) is 13.5 Å². The summed E-state index contributed by atoms with van der Waals surface area (Å²) in [6, 6.07) is 8.56. The lowest BCUT2D eigenvalue weighted by molar-refractivity contribution is 0.0912. The molecule has 104 valence electrons. The predicted molar refractivity (Wildman–Crippen MR) is 72.2 cm³/mol. The summed E-state index contributed by atoms with van der Waals surface area (Å²) in [5, 5.41) is 8.92. The van der Waals surface area contributed by atoms with Crippen LogP contribution in [-0.4, -0.2) is 24.0 Å². The summed E-state index contributed by atoms with van der Waals surface area (Å²) in [6.07, 6.45) is 0. The first kappa shape index (κ1) is 13.8. The Balaban J connectivity index is 1.94. The number of rotatable bonds is 4. The zero-order valence-corrected chi connectivity index (χ0v) is 11.3. The largest absolute Gasteiger partial charge is 0.355 e. The first-order valence-corrected chi connectivity index (χ1v) is 6.12. The van der Waals surface area contributed by atoms with Gasteiger partial charge in [0.25, 0.3) is 11.8 Å². The molecule has 0 aliphatic heterocycles. The summed E-state index contributed by atoms with van der Waals surface area (Å²) in [5.41, 5.74) is 2.13. The summed E-state index contributed by atoms with van der Waals surface area (Å²) in [4.78, 5) is 23.1. The number of benzene rings is 1. The van der Waals surface area contributed by atoms with Gasteiger partial charge in [0.1, 0.15) is 0 Å². The van der Waals surface area contributed by atoms with Crippen LogP contribution in [0, 0.1) is 6.92 Å². The van der Waals surface area contributed by atoms with Crippen LogP contribution in [0.3, 0.4) is 0 Å². The van der Waals surface area contributed by atoms with E-state index in [9.17, 15) is 9.59 Å². The second-order valence-corrected chi connectivity index (χ2v) is 4.29. The molecule has 0 unspecified atom stereocenters. The van der Waals surface area contributed by atoms with Crippen molar-refractivity contribution in [3.8, 4) is 0 Å². The molecule has 0 saturated heterocycles. The second kappa shape index (κ2) is 6.01. The van der Waals surface area contributed by atoms with Gasteiger partial charge in [0.05, 0.1) is 5.69 Å².